The Morgan fingerprint density at radius 1 is 1.23 bits per heavy atom. The number of nitrogens with zero attached hydrogens (tertiary/aromatic N) is 8. The number of rotatable bonds is 6. The van der Waals surface area contributed by atoms with Gasteiger partial charge in [-0.05, 0) is 42.2 Å². The van der Waals surface area contributed by atoms with Gasteiger partial charge in [-0.15, -0.1) is 15.3 Å². The summed E-state index contributed by atoms with van der Waals surface area (Å²) in [5, 5.41) is 27.3. The Morgan fingerprint density at radius 3 is 2.45 bits per heavy atom. The van der Waals surface area contributed by atoms with E-state index in [0.29, 0.717) is 37.0 Å². The third-order valence-electron chi connectivity index (χ3n) is 6.70. The number of tetrazole rings is 1. The standard InChI is InChI=1S/C21H29ClN10O.C2HF3O2/c1-30-28-19(25-29-30)11-18-12-32(17(13-33-18)10-14-2-4-15(22)5-3-14)16-6-8-31(9-7-16)21-24-20(23)26-27-21;3-2(4,5)1(6)7/h2-5,16-18H,6-13H2,1H3,(H3,23,24,26,27);(H,6,7)/t17-,18-;/m0./s1. The van der Waals surface area contributed by atoms with E-state index in [2.05, 4.69) is 52.5 Å². The average Bonchev–Trinajstić information content (AvgIpc) is 3.54. The van der Waals surface area contributed by atoms with E-state index in [1.807, 2.05) is 12.1 Å². The molecule has 5 rings (SSSR count). The Kier molecular flexibility index (Phi) is 9.42. The second-order valence-electron chi connectivity index (χ2n) is 9.58. The summed E-state index contributed by atoms with van der Waals surface area (Å²) in [4.78, 5) is 19.5. The number of H-pyrrole nitrogens is 1. The molecule has 4 heterocycles. The Balaban J connectivity index is 0.000000470. The molecule has 0 radical (unpaired) electrons. The first-order valence-electron chi connectivity index (χ1n) is 12.6. The minimum absolute atomic E-state index is 0.0431. The number of ether oxygens (including phenoxy) is 1. The van der Waals surface area contributed by atoms with Crippen LogP contribution in [0, 0.1) is 0 Å². The number of benzene rings is 1. The van der Waals surface area contributed by atoms with Crippen molar-refractivity contribution in [3.8, 4) is 0 Å². The van der Waals surface area contributed by atoms with Crippen LogP contribution in [-0.2, 0) is 29.4 Å². The molecule has 3 aromatic rings. The number of aromatic nitrogens is 7. The van der Waals surface area contributed by atoms with Crippen molar-refractivity contribution in [2.45, 2.75) is 50.0 Å². The molecule has 1 aromatic carbocycles. The minimum atomic E-state index is -5.08. The van der Waals surface area contributed by atoms with Crippen LogP contribution in [0.2, 0.25) is 5.02 Å². The zero-order valence-corrected chi connectivity index (χ0v) is 22.4. The van der Waals surface area contributed by atoms with Crippen LogP contribution in [0.3, 0.4) is 0 Å². The van der Waals surface area contributed by atoms with E-state index in [0.717, 1.165) is 49.7 Å². The van der Waals surface area contributed by atoms with Crippen molar-refractivity contribution in [3.05, 3.63) is 40.7 Å². The van der Waals surface area contributed by atoms with Crippen LogP contribution in [0.4, 0.5) is 25.1 Å². The number of carboxylic acids is 1. The number of halogens is 4. The largest absolute Gasteiger partial charge is 0.490 e. The second kappa shape index (κ2) is 12.8. The number of nitrogen functional groups attached to an aromatic ring is 1. The summed E-state index contributed by atoms with van der Waals surface area (Å²) in [7, 11) is 1.78. The highest BCUT2D eigenvalue weighted by Gasteiger charge is 2.38. The second-order valence-corrected chi connectivity index (χ2v) is 10.0. The third-order valence-corrected chi connectivity index (χ3v) is 6.95. The fourth-order valence-electron chi connectivity index (χ4n) is 4.83. The van der Waals surface area contributed by atoms with Gasteiger partial charge in [-0.25, -0.2) is 9.89 Å². The van der Waals surface area contributed by atoms with Crippen molar-refractivity contribution in [2.24, 2.45) is 7.05 Å². The van der Waals surface area contributed by atoms with E-state index in [1.165, 1.54) is 10.4 Å². The number of morpholine rings is 1. The van der Waals surface area contributed by atoms with Gasteiger partial charge in [0.15, 0.2) is 5.82 Å². The number of aliphatic carboxylic acids is 1. The molecule has 0 unspecified atom stereocenters. The zero-order valence-electron chi connectivity index (χ0n) is 21.6. The van der Waals surface area contributed by atoms with Crippen molar-refractivity contribution in [1.82, 2.24) is 40.3 Å². The highest BCUT2D eigenvalue weighted by molar-refractivity contribution is 6.30. The first kappa shape index (κ1) is 29.5. The summed E-state index contributed by atoms with van der Waals surface area (Å²) < 4.78 is 38.0. The molecule has 0 saturated carbocycles. The van der Waals surface area contributed by atoms with Crippen LogP contribution in [0.15, 0.2) is 24.3 Å². The Labute approximate surface area is 232 Å². The summed E-state index contributed by atoms with van der Waals surface area (Å²) >= 11 is 6.09. The summed E-state index contributed by atoms with van der Waals surface area (Å²) in [5.41, 5.74) is 6.97. The number of anilines is 2. The Morgan fingerprint density at radius 2 is 1.90 bits per heavy atom. The number of hydrogen-bond donors (Lipinski definition) is 3. The van der Waals surface area contributed by atoms with Crippen molar-refractivity contribution in [1.29, 1.82) is 0 Å². The van der Waals surface area contributed by atoms with E-state index < -0.39 is 12.1 Å². The van der Waals surface area contributed by atoms with Crippen molar-refractivity contribution in [3.63, 3.8) is 0 Å². The number of carboxylic acid groups (broad SMARTS) is 1. The summed E-state index contributed by atoms with van der Waals surface area (Å²) in [6.07, 6.45) is -1.40. The lowest BCUT2D eigenvalue weighted by atomic mass is 9.96. The van der Waals surface area contributed by atoms with Gasteiger partial charge in [-0.3, -0.25) is 4.90 Å². The van der Waals surface area contributed by atoms with Crippen molar-refractivity contribution in [2.75, 3.05) is 36.9 Å². The van der Waals surface area contributed by atoms with E-state index in [9.17, 15) is 13.2 Å². The molecule has 0 aliphatic carbocycles. The lowest BCUT2D eigenvalue weighted by Crippen LogP contribution is -2.57. The molecule has 0 amide bonds. The maximum atomic E-state index is 10.6. The van der Waals surface area contributed by atoms with Gasteiger partial charge in [-0.2, -0.15) is 23.0 Å². The van der Waals surface area contributed by atoms with Crippen LogP contribution < -0.4 is 10.6 Å². The molecule has 4 N–H and O–H groups in total. The molecular weight excluding hydrogens is 557 g/mol. The predicted molar refractivity (Wildman–Crippen MR) is 138 cm³/mol. The van der Waals surface area contributed by atoms with Gasteiger partial charge in [0.05, 0.1) is 19.8 Å². The lowest BCUT2D eigenvalue weighted by molar-refractivity contribution is -0.192. The molecule has 40 heavy (non-hydrogen) atoms. The highest BCUT2D eigenvalue weighted by atomic mass is 35.5. The van der Waals surface area contributed by atoms with E-state index in [-0.39, 0.29) is 6.10 Å². The molecule has 218 valence electrons. The molecular formula is C23H30ClF3N10O3. The zero-order chi connectivity index (χ0) is 28.9. The highest BCUT2D eigenvalue weighted by Crippen LogP contribution is 2.27. The normalized spacial score (nSPS) is 20.7. The number of aromatic amines is 1. The first-order valence-corrected chi connectivity index (χ1v) is 12.9. The Bertz CT molecular complexity index is 1250. The SMILES string of the molecule is Cn1nnc(C[C@H]2CN(C3CCN(c4n[nH]c(N)n4)CC3)[C@@H](Cc3ccc(Cl)cc3)CO2)n1.O=C(O)C(F)(F)F. The summed E-state index contributed by atoms with van der Waals surface area (Å²) in [5.74, 6) is -1.01. The van der Waals surface area contributed by atoms with Crippen molar-refractivity contribution < 1.29 is 27.8 Å². The van der Waals surface area contributed by atoms with Gasteiger partial charge in [0.2, 0.25) is 11.9 Å². The number of carbonyl (C=O) groups is 1. The fraction of sp³-hybridized carbons (Fsp3) is 0.565. The van der Waals surface area contributed by atoms with E-state index in [1.54, 1.807) is 7.05 Å². The number of aryl methyl sites for hydroxylation is 1. The van der Waals surface area contributed by atoms with Gasteiger partial charge in [0.1, 0.15) is 0 Å². The van der Waals surface area contributed by atoms with Crippen LogP contribution in [-0.4, -0.2) is 102 Å². The number of nitrogens with one attached hydrogen (secondary N) is 1. The predicted octanol–water partition coefficient (Wildman–Crippen LogP) is 1.72. The molecule has 0 spiro atoms. The van der Waals surface area contributed by atoms with Gasteiger partial charge >= 0.3 is 12.1 Å². The third kappa shape index (κ3) is 8.02. The fourth-order valence-corrected chi connectivity index (χ4v) is 4.96. The molecule has 2 aromatic heterocycles. The monoisotopic (exact) mass is 586 g/mol. The van der Waals surface area contributed by atoms with Crippen LogP contribution in [0.5, 0.6) is 0 Å². The molecule has 2 aliphatic rings. The lowest BCUT2D eigenvalue weighted by Gasteiger charge is -2.46. The van der Waals surface area contributed by atoms with Crippen LogP contribution >= 0.6 is 11.6 Å². The number of alkyl halides is 3. The number of piperidine rings is 1. The van der Waals surface area contributed by atoms with E-state index in [4.69, 9.17) is 32.0 Å². The van der Waals surface area contributed by atoms with Gasteiger partial charge in [0, 0.05) is 43.2 Å². The molecule has 2 fully saturated rings. The molecule has 0 bridgehead atoms. The topological polar surface area (TPSA) is 164 Å². The van der Waals surface area contributed by atoms with Gasteiger partial charge in [-0.1, -0.05) is 23.7 Å². The average molecular weight is 587 g/mol. The maximum Gasteiger partial charge on any atom is 0.490 e. The molecule has 2 aliphatic heterocycles. The van der Waals surface area contributed by atoms with Gasteiger partial charge in [0.25, 0.3) is 0 Å². The van der Waals surface area contributed by atoms with Crippen molar-refractivity contribution >= 4 is 29.5 Å². The van der Waals surface area contributed by atoms with Crippen LogP contribution in [0.1, 0.15) is 24.2 Å². The molecule has 2 atom stereocenters. The molecule has 2 saturated heterocycles. The quantitative estimate of drug-likeness (QED) is 0.385. The molecule has 13 nitrogen and oxygen atoms in total. The van der Waals surface area contributed by atoms with Gasteiger partial charge < -0.3 is 20.5 Å². The molecule has 17 heteroatoms. The first-order chi connectivity index (χ1) is 19.0. The minimum Gasteiger partial charge on any atom is -0.475 e. The number of hydrogen-bond acceptors (Lipinski definition) is 10. The van der Waals surface area contributed by atoms with E-state index >= 15 is 0 Å². The summed E-state index contributed by atoms with van der Waals surface area (Å²) in [6.45, 7) is 3.30. The summed E-state index contributed by atoms with van der Waals surface area (Å²) in [6, 6.07) is 8.87. The smallest absolute Gasteiger partial charge is 0.475 e. The van der Waals surface area contributed by atoms with Crippen LogP contribution in [0.25, 0.3) is 0 Å². The maximum absolute atomic E-state index is 10.6. The Hall–Kier alpha value is -3.50. The number of nitrogens with two attached hydrogens (primary N) is 1.